The number of benzene rings is 1. The van der Waals surface area contributed by atoms with Crippen molar-refractivity contribution in [2.75, 3.05) is 32.8 Å². The summed E-state index contributed by atoms with van der Waals surface area (Å²) in [6.07, 6.45) is 0.459. The fraction of sp³-hybridized carbons (Fsp3) is 0.533. The van der Waals surface area contributed by atoms with Crippen LogP contribution >= 0.6 is 11.6 Å². The number of ether oxygens (including phenoxy) is 2. The molecule has 1 aromatic carbocycles. The fourth-order valence-electron chi connectivity index (χ4n) is 2.21. The van der Waals surface area contributed by atoms with Gasteiger partial charge in [-0.15, -0.1) is 0 Å². The molecular weight excluding hydrogens is 278 g/mol. The highest BCUT2D eigenvalue weighted by molar-refractivity contribution is 6.34. The molecule has 20 heavy (non-hydrogen) atoms. The zero-order valence-electron chi connectivity index (χ0n) is 11.9. The molecule has 0 amide bonds. The quantitative estimate of drug-likeness (QED) is 0.757. The Morgan fingerprint density at radius 3 is 2.40 bits per heavy atom. The first kappa shape index (κ1) is 15.1. The Hall–Kier alpha value is -1.26. The van der Waals surface area contributed by atoms with Gasteiger partial charge in [0.05, 0.1) is 5.02 Å². The van der Waals surface area contributed by atoms with Crippen LogP contribution in [0.5, 0.6) is 11.5 Å². The lowest BCUT2D eigenvalue weighted by Crippen LogP contribution is -2.25. The molecule has 0 bridgehead atoms. The summed E-state index contributed by atoms with van der Waals surface area (Å²) in [6.45, 7) is 7.82. The van der Waals surface area contributed by atoms with Gasteiger partial charge in [0.1, 0.15) is 13.2 Å². The van der Waals surface area contributed by atoms with E-state index in [2.05, 4.69) is 18.7 Å². The van der Waals surface area contributed by atoms with Crippen molar-refractivity contribution in [1.82, 2.24) is 4.90 Å². The average molecular weight is 298 g/mol. The first-order chi connectivity index (χ1) is 9.65. The summed E-state index contributed by atoms with van der Waals surface area (Å²) in [5.74, 6) is 1.26. The normalized spacial score (nSPS) is 13.6. The Kier molecular flexibility index (Phi) is 5.26. The summed E-state index contributed by atoms with van der Waals surface area (Å²) in [5, 5.41) is 0.429. The van der Waals surface area contributed by atoms with Gasteiger partial charge in [-0.2, -0.15) is 0 Å². The van der Waals surface area contributed by atoms with Gasteiger partial charge < -0.3 is 14.4 Å². The molecule has 1 aliphatic heterocycles. The van der Waals surface area contributed by atoms with Crippen molar-refractivity contribution >= 4 is 17.4 Å². The van der Waals surface area contributed by atoms with Gasteiger partial charge in [0.2, 0.25) is 0 Å². The van der Waals surface area contributed by atoms with E-state index in [1.54, 1.807) is 12.1 Å². The number of carbonyl (C=O) groups excluding carboxylic acids is 1. The van der Waals surface area contributed by atoms with E-state index >= 15 is 0 Å². The zero-order chi connectivity index (χ0) is 14.5. The van der Waals surface area contributed by atoms with Gasteiger partial charge in [-0.25, -0.2) is 0 Å². The number of fused-ring (bicyclic) bond motifs is 1. The van der Waals surface area contributed by atoms with Gasteiger partial charge in [0.15, 0.2) is 17.3 Å². The molecule has 1 aromatic rings. The highest BCUT2D eigenvalue weighted by Crippen LogP contribution is 2.35. The molecule has 0 atom stereocenters. The van der Waals surface area contributed by atoms with Crippen molar-refractivity contribution < 1.29 is 14.3 Å². The maximum Gasteiger partial charge on any atom is 0.165 e. The van der Waals surface area contributed by atoms with Crippen LogP contribution in [0, 0.1) is 0 Å². The van der Waals surface area contributed by atoms with Gasteiger partial charge >= 0.3 is 0 Å². The van der Waals surface area contributed by atoms with Crippen molar-refractivity contribution in [1.29, 1.82) is 0 Å². The van der Waals surface area contributed by atoms with Crippen LogP contribution in [-0.2, 0) is 0 Å². The van der Waals surface area contributed by atoms with E-state index in [-0.39, 0.29) is 5.78 Å². The lowest BCUT2D eigenvalue weighted by molar-refractivity contribution is 0.0965. The van der Waals surface area contributed by atoms with Crippen molar-refractivity contribution in [3.05, 3.63) is 22.7 Å². The molecule has 1 heterocycles. The minimum Gasteiger partial charge on any atom is -0.486 e. The third-order valence-corrected chi connectivity index (χ3v) is 3.79. The number of nitrogens with zero attached hydrogens (tertiary/aromatic N) is 1. The summed E-state index contributed by atoms with van der Waals surface area (Å²) >= 11 is 6.17. The van der Waals surface area contributed by atoms with Crippen LogP contribution in [0.4, 0.5) is 0 Å². The molecule has 0 saturated carbocycles. The monoisotopic (exact) mass is 297 g/mol. The minimum absolute atomic E-state index is 0.0406. The highest BCUT2D eigenvalue weighted by Gasteiger charge is 2.19. The van der Waals surface area contributed by atoms with Gasteiger partial charge in [-0.3, -0.25) is 4.79 Å². The van der Waals surface area contributed by atoms with Crippen molar-refractivity contribution in [3.63, 3.8) is 0 Å². The smallest absolute Gasteiger partial charge is 0.165 e. The van der Waals surface area contributed by atoms with Gasteiger partial charge in [0, 0.05) is 24.6 Å². The van der Waals surface area contributed by atoms with Crippen LogP contribution in [0.25, 0.3) is 0 Å². The van der Waals surface area contributed by atoms with E-state index in [4.69, 9.17) is 21.1 Å². The minimum atomic E-state index is 0.0406. The van der Waals surface area contributed by atoms with Crippen molar-refractivity contribution in [3.8, 4) is 11.5 Å². The predicted molar refractivity (Wildman–Crippen MR) is 79.2 cm³/mol. The van der Waals surface area contributed by atoms with E-state index in [1.807, 2.05) is 0 Å². The summed E-state index contributed by atoms with van der Waals surface area (Å²) in [6, 6.07) is 3.36. The predicted octanol–water partition coefficient (Wildman–Crippen LogP) is 3.03. The summed E-state index contributed by atoms with van der Waals surface area (Å²) in [5.41, 5.74) is 0.517. The molecule has 2 rings (SSSR count). The third kappa shape index (κ3) is 3.44. The number of halogens is 1. The Labute approximate surface area is 124 Å². The Balaban J connectivity index is 2.09. The molecule has 1 aliphatic rings. The number of carbonyl (C=O) groups is 1. The largest absolute Gasteiger partial charge is 0.486 e. The summed E-state index contributed by atoms with van der Waals surface area (Å²) in [7, 11) is 0. The number of ketones is 1. The van der Waals surface area contributed by atoms with Crippen LogP contribution in [0.15, 0.2) is 12.1 Å². The maximum absolute atomic E-state index is 12.3. The second-order valence-electron chi connectivity index (χ2n) is 4.68. The van der Waals surface area contributed by atoms with E-state index in [0.717, 1.165) is 19.6 Å². The summed E-state index contributed by atoms with van der Waals surface area (Å²) in [4.78, 5) is 14.5. The SMILES string of the molecule is CCN(CC)CCC(=O)c1cc2c(cc1Cl)OCCO2. The second-order valence-corrected chi connectivity index (χ2v) is 5.08. The van der Waals surface area contributed by atoms with E-state index in [1.165, 1.54) is 0 Å². The Morgan fingerprint density at radius 1 is 1.20 bits per heavy atom. The van der Waals surface area contributed by atoms with Crippen LogP contribution in [0.3, 0.4) is 0 Å². The molecule has 0 unspecified atom stereocenters. The lowest BCUT2D eigenvalue weighted by atomic mass is 10.1. The molecule has 110 valence electrons. The molecule has 0 N–H and O–H groups in total. The molecule has 5 heteroatoms. The molecule has 0 fully saturated rings. The third-order valence-electron chi connectivity index (χ3n) is 3.48. The highest BCUT2D eigenvalue weighted by atomic mass is 35.5. The average Bonchev–Trinajstić information content (AvgIpc) is 2.47. The second kappa shape index (κ2) is 6.95. The van der Waals surface area contributed by atoms with Crippen molar-refractivity contribution in [2.45, 2.75) is 20.3 Å². The van der Waals surface area contributed by atoms with Crippen LogP contribution in [-0.4, -0.2) is 43.5 Å². The lowest BCUT2D eigenvalue weighted by Gasteiger charge is -2.20. The fourth-order valence-corrected chi connectivity index (χ4v) is 2.47. The first-order valence-electron chi connectivity index (χ1n) is 7.00. The number of hydrogen-bond acceptors (Lipinski definition) is 4. The molecule has 0 radical (unpaired) electrons. The standard InChI is InChI=1S/C15H20ClNO3/c1-3-17(4-2)6-5-13(18)11-9-14-15(10-12(11)16)20-8-7-19-14/h9-10H,3-8H2,1-2H3. The number of hydrogen-bond donors (Lipinski definition) is 0. The van der Waals surface area contributed by atoms with E-state index in [9.17, 15) is 4.79 Å². The van der Waals surface area contributed by atoms with Crippen LogP contribution in [0.1, 0.15) is 30.6 Å². The molecule has 0 spiro atoms. The zero-order valence-corrected chi connectivity index (χ0v) is 12.7. The van der Waals surface area contributed by atoms with Gasteiger partial charge in [-0.05, 0) is 19.2 Å². The van der Waals surface area contributed by atoms with E-state index < -0.39 is 0 Å². The van der Waals surface area contributed by atoms with Crippen LogP contribution < -0.4 is 9.47 Å². The molecule has 0 aliphatic carbocycles. The summed E-state index contributed by atoms with van der Waals surface area (Å²) < 4.78 is 10.9. The van der Waals surface area contributed by atoms with Crippen molar-refractivity contribution in [2.24, 2.45) is 0 Å². The first-order valence-corrected chi connectivity index (χ1v) is 7.38. The number of rotatable bonds is 6. The molecular formula is C15H20ClNO3. The van der Waals surface area contributed by atoms with Gasteiger partial charge in [0.25, 0.3) is 0 Å². The Bertz CT molecular complexity index is 486. The topological polar surface area (TPSA) is 38.8 Å². The molecule has 0 saturated heterocycles. The van der Waals surface area contributed by atoms with Crippen LogP contribution in [0.2, 0.25) is 5.02 Å². The molecule has 0 aromatic heterocycles. The molecule has 4 nitrogen and oxygen atoms in total. The number of Topliss-reactive ketones (excluding diaryl/α,β-unsaturated/α-hetero) is 1. The Morgan fingerprint density at radius 2 is 1.80 bits per heavy atom. The maximum atomic E-state index is 12.3. The van der Waals surface area contributed by atoms with E-state index in [0.29, 0.717) is 41.7 Å². The van der Waals surface area contributed by atoms with Gasteiger partial charge in [-0.1, -0.05) is 25.4 Å².